The van der Waals surface area contributed by atoms with Gasteiger partial charge >= 0.3 is 0 Å². The third-order valence-corrected chi connectivity index (χ3v) is 2.55. The van der Waals surface area contributed by atoms with E-state index in [0.29, 0.717) is 21.8 Å². The van der Waals surface area contributed by atoms with Crippen LogP contribution in [0.15, 0.2) is 24.4 Å². The summed E-state index contributed by atoms with van der Waals surface area (Å²) in [7, 11) is 1.77. The predicted molar refractivity (Wildman–Crippen MR) is 61.5 cm³/mol. The van der Waals surface area contributed by atoms with Crippen molar-refractivity contribution in [3.05, 3.63) is 40.9 Å². The van der Waals surface area contributed by atoms with Gasteiger partial charge in [0.25, 0.3) is 0 Å². The smallest absolute Gasteiger partial charge is 0.131 e. The number of benzene rings is 1. The lowest BCUT2D eigenvalue weighted by Gasteiger charge is -2.02. The van der Waals surface area contributed by atoms with Crippen molar-refractivity contribution in [3.63, 3.8) is 0 Å². The van der Waals surface area contributed by atoms with E-state index in [1.54, 1.807) is 24.0 Å². The summed E-state index contributed by atoms with van der Waals surface area (Å²) < 4.78 is 15.3. The number of halogens is 2. The number of nitrogens with zero attached hydrogens (tertiary/aromatic N) is 2. The summed E-state index contributed by atoms with van der Waals surface area (Å²) in [6.45, 7) is 0.266. The van der Waals surface area contributed by atoms with Gasteiger partial charge in [-0.1, -0.05) is 11.6 Å². The first-order valence-electron chi connectivity index (χ1n) is 4.80. The lowest BCUT2D eigenvalue weighted by Crippen LogP contribution is -2.00. The van der Waals surface area contributed by atoms with Crippen LogP contribution in [0.1, 0.15) is 5.69 Å². The third kappa shape index (κ3) is 1.94. The molecule has 0 fully saturated rings. The van der Waals surface area contributed by atoms with Crippen molar-refractivity contribution in [2.24, 2.45) is 12.8 Å². The highest BCUT2D eigenvalue weighted by atomic mass is 35.5. The van der Waals surface area contributed by atoms with Crippen molar-refractivity contribution in [2.75, 3.05) is 0 Å². The van der Waals surface area contributed by atoms with E-state index in [1.807, 2.05) is 0 Å². The molecule has 5 heteroatoms. The SMILES string of the molecule is Cn1cc(-c2cc(Cl)ccc2F)c(CN)n1. The Morgan fingerprint density at radius 1 is 1.44 bits per heavy atom. The van der Waals surface area contributed by atoms with E-state index in [-0.39, 0.29) is 12.4 Å². The minimum Gasteiger partial charge on any atom is -0.325 e. The minimum atomic E-state index is -0.327. The fourth-order valence-electron chi connectivity index (χ4n) is 1.61. The van der Waals surface area contributed by atoms with Crippen LogP contribution in [0.2, 0.25) is 5.02 Å². The molecule has 1 aromatic heterocycles. The Balaban J connectivity index is 2.61. The van der Waals surface area contributed by atoms with Gasteiger partial charge in [-0.05, 0) is 18.2 Å². The molecule has 84 valence electrons. The van der Waals surface area contributed by atoms with Crippen molar-refractivity contribution >= 4 is 11.6 Å². The topological polar surface area (TPSA) is 43.8 Å². The molecule has 0 unspecified atom stereocenters. The van der Waals surface area contributed by atoms with Crippen LogP contribution in [0, 0.1) is 5.82 Å². The average molecular weight is 240 g/mol. The molecule has 0 radical (unpaired) electrons. The van der Waals surface area contributed by atoms with Gasteiger partial charge in [0.2, 0.25) is 0 Å². The maximum absolute atomic E-state index is 13.6. The second-order valence-corrected chi connectivity index (χ2v) is 3.93. The molecule has 0 aliphatic carbocycles. The first-order chi connectivity index (χ1) is 7.61. The summed E-state index contributed by atoms with van der Waals surface area (Å²) in [4.78, 5) is 0. The molecule has 0 saturated heterocycles. The van der Waals surface area contributed by atoms with Gasteiger partial charge in [0.15, 0.2) is 0 Å². The van der Waals surface area contributed by atoms with E-state index in [4.69, 9.17) is 17.3 Å². The van der Waals surface area contributed by atoms with Crippen LogP contribution in [-0.2, 0) is 13.6 Å². The highest BCUT2D eigenvalue weighted by molar-refractivity contribution is 6.30. The van der Waals surface area contributed by atoms with Crippen LogP contribution < -0.4 is 5.73 Å². The summed E-state index contributed by atoms with van der Waals surface area (Å²) in [6, 6.07) is 4.43. The zero-order valence-corrected chi connectivity index (χ0v) is 9.50. The summed E-state index contributed by atoms with van der Waals surface area (Å²) in [5.74, 6) is -0.327. The first-order valence-corrected chi connectivity index (χ1v) is 5.17. The minimum absolute atomic E-state index is 0.266. The average Bonchev–Trinajstić information content (AvgIpc) is 2.63. The van der Waals surface area contributed by atoms with E-state index < -0.39 is 0 Å². The maximum Gasteiger partial charge on any atom is 0.131 e. The molecule has 2 N–H and O–H groups in total. The van der Waals surface area contributed by atoms with Crippen molar-refractivity contribution < 1.29 is 4.39 Å². The molecule has 0 saturated carbocycles. The van der Waals surface area contributed by atoms with Crippen LogP contribution in [-0.4, -0.2) is 9.78 Å². The summed E-state index contributed by atoms with van der Waals surface area (Å²) >= 11 is 5.84. The van der Waals surface area contributed by atoms with Gasteiger partial charge in [-0.3, -0.25) is 4.68 Å². The molecule has 16 heavy (non-hydrogen) atoms. The number of aromatic nitrogens is 2. The maximum atomic E-state index is 13.6. The molecular weight excluding hydrogens is 229 g/mol. The standard InChI is InChI=1S/C11H11ClFN3/c1-16-6-9(11(5-14)15-16)8-4-7(12)2-3-10(8)13/h2-4,6H,5,14H2,1H3. The van der Waals surface area contributed by atoms with Crippen LogP contribution in [0.5, 0.6) is 0 Å². The zero-order chi connectivity index (χ0) is 11.7. The molecule has 0 aliphatic rings. The Hall–Kier alpha value is -1.39. The molecule has 0 aliphatic heterocycles. The lowest BCUT2D eigenvalue weighted by molar-refractivity contribution is 0.631. The number of nitrogens with two attached hydrogens (primary N) is 1. The van der Waals surface area contributed by atoms with Gasteiger partial charge < -0.3 is 5.73 Å². The monoisotopic (exact) mass is 239 g/mol. The van der Waals surface area contributed by atoms with Crippen molar-refractivity contribution in [1.82, 2.24) is 9.78 Å². The van der Waals surface area contributed by atoms with Gasteiger partial charge in [-0.2, -0.15) is 5.10 Å². The number of hydrogen-bond donors (Lipinski definition) is 1. The molecule has 0 amide bonds. The van der Waals surface area contributed by atoms with E-state index >= 15 is 0 Å². The molecule has 1 heterocycles. The van der Waals surface area contributed by atoms with Gasteiger partial charge in [0.1, 0.15) is 5.82 Å². The molecule has 1 aromatic carbocycles. The molecule has 2 rings (SSSR count). The Kier molecular flexibility index (Phi) is 2.94. The molecule has 0 spiro atoms. The largest absolute Gasteiger partial charge is 0.325 e. The van der Waals surface area contributed by atoms with E-state index in [9.17, 15) is 4.39 Å². The van der Waals surface area contributed by atoms with Crippen LogP contribution >= 0.6 is 11.6 Å². The Morgan fingerprint density at radius 3 is 2.88 bits per heavy atom. The summed E-state index contributed by atoms with van der Waals surface area (Å²) in [5, 5.41) is 4.65. The predicted octanol–water partition coefficient (Wildman–Crippen LogP) is 2.34. The highest BCUT2D eigenvalue weighted by Gasteiger charge is 2.12. The Bertz CT molecular complexity index is 522. The zero-order valence-electron chi connectivity index (χ0n) is 8.74. The fraction of sp³-hybridized carbons (Fsp3) is 0.182. The second-order valence-electron chi connectivity index (χ2n) is 3.49. The number of aryl methyl sites for hydroxylation is 1. The number of hydrogen-bond acceptors (Lipinski definition) is 2. The van der Waals surface area contributed by atoms with Gasteiger partial charge in [0.05, 0.1) is 5.69 Å². The quantitative estimate of drug-likeness (QED) is 0.874. The van der Waals surface area contributed by atoms with Gasteiger partial charge in [0, 0.05) is 35.9 Å². The van der Waals surface area contributed by atoms with E-state index in [2.05, 4.69) is 5.10 Å². The molecule has 2 aromatic rings. The lowest BCUT2D eigenvalue weighted by atomic mass is 10.1. The van der Waals surface area contributed by atoms with Crippen LogP contribution in [0.3, 0.4) is 0 Å². The van der Waals surface area contributed by atoms with Crippen molar-refractivity contribution in [1.29, 1.82) is 0 Å². The highest BCUT2D eigenvalue weighted by Crippen LogP contribution is 2.28. The Morgan fingerprint density at radius 2 is 2.19 bits per heavy atom. The second kappa shape index (κ2) is 4.23. The van der Waals surface area contributed by atoms with E-state index in [1.165, 1.54) is 12.1 Å². The fourth-order valence-corrected chi connectivity index (χ4v) is 1.79. The molecule has 0 bridgehead atoms. The van der Waals surface area contributed by atoms with Crippen LogP contribution in [0.4, 0.5) is 4.39 Å². The summed E-state index contributed by atoms with van der Waals surface area (Å²) in [6.07, 6.45) is 1.73. The van der Waals surface area contributed by atoms with Gasteiger partial charge in [-0.15, -0.1) is 0 Å². The van der Waals surface area contributed by atoms with Gasteiger partial charge in [-0.25, -0.2) is 4.39 Å². The third-order valence-electron chi connectivity index (χ3n) is 2.32. The normalized spacial score (nSPS) is 10.8. The molecule has 0 atom stereocenters. The number of rotatable bonds is 2. The first kappa shape index (κ1) is 11.1. The molecular formula is C11H11ClFN3. The summed E-state index contributed by atoms with van der Waals surface area (Å²) in [5.41, 5.74) is 7.33. The van der Waals surface area contributed by atoms with Crippen molar-refractivity contribution in [2.45, 2.75) is 6.54 Å². The van der Waals surface area contributed by atoms with Crippen LogP contribution in [0.25, 0.3) is 11.1 Å². The Labute approximate surface area is 97.6 Å². The van der Waals surface area contributed by atoms with Crippen molar-refractivity contribution in [3.8, 4) is 11.1 Å². The molecule has 3 nitrogen and oxygen atoms in total. The van der Waals surface area contributed by atoms with E-state index in [0.717, 1.165) is 0 Å².